The smallest absolute Gasteiger partial charge is 0.00696 e. The van der Waals surface area contributed by atoms with Crippen LogP contribution in [-0.4, -0.2) is 12.6 Å². The van der Waals surface area contributed by atoms with Gasteiger partial charge in [-0.2, -0.15) is 0 Å². The molecule has 0 spiro atoms. The average Bonchev–Trinajstić information content (AvgIpc) is 2.35. The molecule has 0 amide bonds. The van der Waals surface area contributed by atoms with E-state index < -0.39 is 0 Å². The Labute approximate surface area is 97.0 Å². The van der Waals surface area contributed by atoms with Gasteiger partial charge >= 0.3 is 0 Å². The summed E-state index contributed by atoms with van der Waals surface area (Å²) < 4.78 is 0. The van der Waals surface area contributed by atoms with E-state index in [2.05, 4.69) is 12.2 Å². The van der Waals surface area contributed by atoms with Gasteiger partial charge in [0.15, 0.2) is 0 Å². The van der Waals surface area contributed by atoms with E-state index in [9.17, 15) is 0 Å². The predicted molar refractivity (Wildman–Crippen MR) is 70.2 cm³/mol. The van der Waals surface area contributed by atoms with Gasteiger partial charge in [-0.25, -0.2) is 0 Å². The molecule has 2 rings (SSSR count). The molecule has 1 heteroatoms. The molecule has 1 aliphatic heterocycles. The Balaban J connectivity index is 0.000000442. The van der Waals surface area contributed by atoms with E-state index in [1.165, 1.54) is 38.6 Å². The number of hydrogen-bond donors (Lipinski definition) is 1. The van der Waals surface area contributed by atoms with Gasteiger partial charge in [-0.3, -0.25) is 0 Å². The Morgan fingerprint density at radius 3 is 2.07 bits per heavy atom. The second-order valence-electron chi connectivity index (χ2n) is 4.24. The van der Waals surface area contributed by atoms with Crippen molar-refractivity contribution in [2.24, 2.45) is 11.8 Å². The van der Waals surface area contributed by atoms with Crippen LogP contribution in [0.3, 0.4) is 0 Å². The van der Waals surface area contributed by atoms with Gasteiger partial charge in [0.25, 0.3) is 0 Å². The van der Waals surface area contributed by atoms with Gasteiger partial charge in [0.05, 0.1) is 0 Å². The largest absolute Gasteiger partial charge is 0.314 e. The van der Waals surface area contributed by atoms with Gasteiger partial charge in [0.2, 0.25) is 0 Å². The Hall–Kier alpha value is -0.0400. The van der Waals surface area contributed by atoms with E-state index in [-0.39, 0.29) is 0 Å². The zero-order valence-corrected chi connectivity index (χ0v) is 11.5. The molecule has 1 heterocycles. The Morgan fingerprint density at radius 2 is 1.47 bits per heavy atom. The van der Waals surface area contributed by atoms with Crippen molar-refractivity contribution in [1.82, 2.24) is 5.32 Å². The van der Waals surface area contributed by atoms with Gasteiger partial charge < -0.3 is 5.32 Å². The van der Waals surface area contributed by atoms with Crippen LogP contribution in [0.5, 0.6) is 0 Å². The molecule has 0 bridgehead atoms. The molecule has 3 atom stereocenters. The Kier molecular flexibility index (Phi) is 9.18. The third-order valence-electron chi connectivity index (χ3n) is 3.59. The molecule has 2 aliphatic rings. The first-order valence-corrected chi connectivity index (χ1v) is 7.11. The Morgan fingerprint density at radius 1 is 0.867 bits per heavy atom. The first kappa shape index (κ1) is 15.0. The van der Waals surface area contributed by atoms with Crippen LogP contribution in [0.2, 0.25) is 0 Å². The van der Waals surface area contributed by atoms with Crippen molar-refractivity contribution in [2.75, 3.05) is 6.54 Å². The minimum absolute atomic E-state index is 0.800. The van der Waals surface area contributed by atoms with Gasteiger partial charge in [-0.05, 0) is 38.1 Å². The van der Waals surface area contributed by atoms with Crippen molar-refractivity contribution in [3.8, 4) is 0 Å². The SMILES string of the molecule is CC.CC.CC1NCCC2CCCCC21. The maximum absolute atomic E-state index is 3.58. The highest BCUT2D eigenvalue weighted by atomic mass is 14.9. The topological polar surface area (TPSA) is 12.0 Å². The maximum Gasteiger partial charge on any atom is 0.00696 e. The van der Waals surface area contributed by atoms with Crippen LogP contribution in [0.25, 0.3) is 0 Å². The van der Waals surface area contributed by atoms with Crippen LogP contribution < -0.4 is 5.32 Å². The summed E-state index contributed by atoms with van der Waals surface area (Å²) in [5, 5.41) is 3.58. The second kappa shape index (κ2) is 9.21. The summed E-state index contributed by atoms with van der Waals surface area (Å²) in [6, 6.07) is 0.800. The molecule has 0 aromatic rings. The minimum atomic E-state index is 0.800. The van der Waals surface area contributed by atoms with E-state index in [0.717, 1.165) is 17.9 Å². The summed E-state index contributed by atoms with van der Waals surface area (Å²) in [6.07, 6.45) is 7.41. The average molecular weight is 213 g/mol. The standard InChI is InChI=1S/C10H19N.2C2H6/c1-8-10-5-3-2-4-9(10)6-7-11-8;2*1-2/h8-11H,2-7H2,1H3;2*1-2H3. The molecule has 3 unspecified atom stereocenters. The third-order valence-corrected chi connectivity index (χ3v) is 3.59. The molecule has 1 saturated heterocycles. The second-order valence-corrected chi connectivity index (χ2v) is 4.24. The molecular formula is C14H31N. The first-order valence-electron chi connectivity index (χ1n) is 7.11. The van der Waals surface area contributed by atoms with Crippen molar-refractivity contribution in [3.63, 3.8) is 0 Å². The summed E-state index contributed by atoms with van der Waals surface area (Å²) in [6.45, 7) is 11.6. The van der Waals surface area contributed by atoms with E-state index in [1.807, 2.05) is 27.7 Å². The molecule has 0 aromatic carbocycles. The monoisotopic (exact) mass is 213 g/mol. The lowest BCUT2D eigenvalue weighted by atomic mass is 9.72. The zero-order valence-electron chi connectivity index (χ0n) is 11.5. The molecule has 0 aromatic heterocycles. The fraction of sp³-hybridized carbons (Fsp3) is 1.00. The highest BCUT2D eigenvalue weighted by Gasteiger charge is 2.31. The van der Waals surface area contributed by atoms with Crippen molar-refractivity contribution < 1.29 is 0 Å². The van der Waals surface area contributed by atoms with Crippen LogP contribution in [-0.2, 0) is 0 Å². The van der Waals surface area contributed by atoms with Crippen molar-refractivity contribution in [2.45, 2.75) is 72.8 Å². The molecular weight excluding hydrogens is 182 g/mol. The van der Waals surface area contributed by atoms with Crippen LogP contribution in [0.1, 0.15) is 66.7 Å². The summed E-state index contributed by atoms with van der Waals surface area (Å²) >= 11 is 0. The van der Waals surface area contributed by atoms with Crippen LogP contribution in [0.4, 0.5) is 0 Å². The third kappa shape index (κ3) is 4.55. The fourth-order valence-electron chi connectivity index (χ4n) is 2.90. The van der Waals surface area contributed by atoms with Gasteiger partial charge in [-0.1, -0.05) is 47.0 Å². The maximum atomic E-state index is 3.58. The summed E-state index contributed by atoms with van der Waals surface area (Å²) in [5.74, 6) is 2.08. The van der Waals surface area contributed by atoms with Crippen LogP contribution in [0, 0.1) is 11.8 Å². The summed E-state index contributed by atoms with van der Waals surface area (Å²) in [5.41, 5.74) is 0. The first-order chi connectivity index (χ1) is 7.38. The number of hydrogen-bond acceptors (Lipinski definition) is 1. The number of nitrogens with one attached hydrogen (secondary N) is 1. The number of piperidine rings is 1. The zero-order chi connectivity index (χ0) is 11.7. The molecule has 1 nitrogen and oxygen atoms in total. The molecule has 92 valence electrons. The lowest BCUT2D eigenvalue weighted by molar-refractivity contribution is 0.142. The number of rotatable bonds is 0. The molecule has 0 radical (unpaired) electrons. The molecule has 1 N–H and O–H groups in total. The quantitative estimate of drug-likeness (QED) is 0.635. The van der Waals surface area contributed by atoms with Gasteiger partial charge in [0, 0.05) is 6.04 Å². The van der Waals surface area contributed by atoms with Crippen molar-refractivity contribution in [1.29, 1.82) is 0 Å². The predicted octanol–water partition coefficient (Wildman–Crippen LogP) is 4.23. The highest BCUT2D eigenvalue weighted by molar-refractivity contribution is 4.86. The Bertz CT molecular complexity index is 131. The summed E-state index contributed by atoms with van der Waals surface area (Å²) in [7, 11) is 0. The van der Waals surface area contributed by atoms with Gasteiger partial charge in [-0.15, -0.1) is 0 Å². The van der Waals surface area contributed by atoms with Crippen molar-refractivity contribution >= 4 is 0 Å². The fourth-order valence-corrected chi connectivity index (χ4v) is 2.90. The lowest BCUT2D eigenvalue weighted by Crippen LogP contribution is -2.45. The molecule has 1 saturated carbocycles. The molecule has 15 heavy (non-hydrogen) atoms. The summed E-state index contributed by atoms with van der Waals surface area (Å²) in [4.78, 5) is 0. The van der Waals surface area contributed by atoms with E-state index in [0.29, 0.717) is 0 Å². The lowest BCUT2D eigenvalue weighted by Gasteiger charge is -2.40. The number of fused-ring (bicyclic) bond motifs is 1. The van der Waals surface area contributed by atoms with Gasteiger partial charge in [0.1, 0.15) is 0 Å². The van der Waals surface area contributed by atoms with Crippen molar-refractivity contribution in [3.05, 3.63) is 0 Å². The van der Waals surface area contributed by atoms with E-state index >= 15 is 0 Å². The normalized spacial score (nSPS) is 33.8. The van der Waals surface area contributed by atoms with E-state index in [1.54, 1.807) is 0 Å². The van der Waals surface area contributed by atoms with Crippen LogP contribution in [0.15, 0.2) is 0 Å². The van der Waals surface area contributed by atoms with E-state index in [4.69, 9.17) is 0 Å². The molecule has 2 fully saturated rings. The molecule has 1 aliphatic carbocycles. The van der Waals surface area contributed by atoms with Crippen LogP contribution >= 0.6 is 0 Å². The highest BCUT2D eigenvalue weighted by Crippen LogP contribution is 2.36. The minimum Gasteiger partial charge on any atom is -0.314 e.